The normalized spacial score (nSPS) is 20.7. The van der Waals surface area contributed by atoms with E-state index in [1.165, 1.54) is 16.5 Å². The topological polar surface area (TPSA) is 95.6 Å². The molecule has 41 heavy (non-hydrogen) atoms. The van der Waals surface area contributed by atoms with Crippen molar-refractivity contribution < 1.29 is 9.90 Å². The van der Waals surface area contributed by atoms with Gasteiger partial charge in [0.15, 0.2) is 5.65 Å². The molecule has 2 aromatic heterocycles. The molecule has 2 N–H and O–H groups in total. The summed E-state index contributed by atoms with van der Waals surface area (Å²) in [7, 11) is 3.98. The van der Waals surface area contributed by atoms with Crippen LogP contribution in [-0.4, -0.2) is 75.9 Å². The van der Waals surface area contributed by atoms with Crippen molar-refractivity contribution in [1.29, 1.82) is 0 Å². The Bertz CT molecular complexity index is 1590. The molecule has 4 heterocycles. The van der Waals surface area contributed by atoms with E-state index in [9.17, 15) is 14.7 Å². The number of amides is 1. The molecule has 2 fully saturated rings. The highest BCUT2D eigenvalue weighted by atomic mass is 16.3. The fourth-order valence-electron chi connectivity index (χ4n) is 6.35. The molecule has 0 unspecified atom stereocenters. The van der Waals surface area contributed by atoms with Gasteiger partial charge in [-0.2, -0.15) is 0 Å². The summed E-state index contributed by atoms with van der Waals surface area (Å²) >= 11 is 0. The Kier molecular flexibility index (Phi) is 7.40. The summed E-state index contributed by atoms with van der Waals surface area (Å²) in [5, 5.41) is 15.4. The number of hydrogen-bond donors (Lipinski definition) is 2. The monoisotopic (exact) mass is 554 g/mol. The van der Waals surface area contributed by atoms with Crippen molar-refractivity contribution in [3.05, 3.63) is 89.1 Å². The zero-order valence-corrected chi connectivity index (χ0v) is 23.7. The molecule has 0 spiro atoms. The van der Waals surface area contributed by atoms with Gasteiger partial charge in [-0.05, 0) is 55.6 Å². The predicted molar refractivity (Wildman–Crippen MR) is 161 cm³/mol. The highest BCUT2D eigenvalue weighted by Gasteiger charge is 2.39. The zero-order valence-electron chi connectivity index (χ0n) is 23.7. The van der Waals surface area contributed by atoms with Crippen LogP contribution in [-0.2, 0) is 11.3 Å². The van der Waals surface area contributed by atoms with Crippen LogP contribution < -0.4 is 15.8 Å². The second-order valence-corrected chi connectivity index (χ2v) is 11.7. The minimum absolute atomic E-state index is 0.0680. The Labute approximate surface area is 240 Å². The number of anilines is 1. The number of aliphatic hydroxyl groups is 1. The fourth-order valence-corrected chi connectivity index (χ4v) is 6.35. The van der Waals surface area contributed by atoms with Crippen molar-refractivity contribution in [3.8, 4) is 5.69 Å². The van der Waals surface area contributed by atoms with Crippen molar-refractivity contribution >= 4 is 22.6 Å². The van der Waals surface area contributed by atoms with E-state index >= 15 is 0 Å². The summed E-state index contributed by atoms with van der Waals surface area (Å²) in [6.45, 7) is 2.73. The maximum absolute atomic E-state index is 13.6. The van der Waals surface area contributed by atoms with E-state index < -0.39 is 5.60 Å². The number of benzene rings is 2. The lowest BCUT2D eigenvalue weighted by Gasteiger charge is -2.41. The summed E-state index contributed by atoms with van der Waals surface area (Å²) in [5.74, 6) is 0.246. The molecule has 214 valence electrons. The van der Waals surface area contributed by atoms with E-state index in [0.29, 0.717) is 37.0 Å². The number of nitrogens with one attached hydrogen (secondary N) is 1. The Morgan fingerprint density at radius 1 is 1.10 bits per heavy atom. The first kappa shape index (κ1) is 27.2. The highest BCUT2D eigenvalue weighted by Crippen LogP contribution is 2.33. The van der Waals surface area contributed by atoms with Gasteiger partial charge < -0.3 is 24.8 Å². The molecule has 4 aromatic rings. The number of fused-ring (bicyclic) bond motifs is 1. The maximum atomic E-state index is 13.6. The number of piperidine rings is 2. The lowest BCUT2D eigenvalue weighted by atomic mass is 9.80. The van der Waals surface area contributed by atoms with E-state index in [-0.39, 0.29) is 29.8 Å². The van der Waals surface area contributed by atoms with Gasteiger partial charge in [0.2, 0.25) is 5.91 Å². The molecule has 0 aliphatic carbocycles. The van der Waals surface area contributed by atoms with Crippen LogP contribution in [0.5, 0.6) is 0 Å². The first-order chi connectivity index (χ1) is 19.8. The molecule has 0 saturated carbocycles. The summed E-state index contributed by atoms with van der Waals surface area (Å²) in [4.78, 5) is 35.6. The Morgan fingerprint density at radius 2 is 1.88 bits per heavy atom. The molecule has 9 heteroatoms. The van der Waals surface area contributed by atoms with Gasteiger partial charge in [0, 0.05) is 63.1 Å². The van der Waals surface area contributed by atoms with Crippen molar-refractivity contribution in [3.63, 3.8) is 0 Å². The first-order valence-electron chi connectivity index (χ1n) is 14.4. The standard InChI is InChI=1S/C32H38N6O3/c1-35(2)24-9-6-10-25(19-24)38-16-12-27-29(38)34-22-37(31(27)40)21-32(41)13-17-36(18-14-32)30(39)26-11-15-33-20-28(26)23-7-4-3-5-8-23/h3-10,12,16,19,22,26,28,33,41H,11,13-15,17-18,20-21H2,1-2H3/t26-,28+/m1/s1. The Balaban J connectivity index is 1.15. The molecule has 6 rings (SSSR count). The average molecular weight is 555 g/mol. The lowest BCUT2D eigenvalue weighted by Crippen LogP contribution is -2.52. The van der Waals surface area contributed by atoms with Crippen LogP contribution in [0.25, 0.3) is 16.7 Å². The first-order valence-corrected chi connectivity index (χ1v) is 14.4. The quantitative estimate of drug-likeness (QED) is 0.381. The number of aromatic nitrogens is 3. The second kappa shape index (κ2) is 11.1. The molecule has 2 aliphatic rings. The van der Waals surface area contributed by atoms with E-state index in [0.717, 1.165) is 30.9 Å². The van der Waals surface area contributed by atoms with Crippen molar-refractivity contribution in [2.45, 2.75) is 37.3 Å². The molecular weight excluding hydrogens is 516 g/mol. The van der Waals surface area contributed by atoms with Gasteiger partial charge in [0.25, 0.3) is 5.56 Å². The third kappa shape index (κ3) is 5.39. The number of carbonyl (C=O) groups excluding carboxylic acids is 1. The predicted octanol–water partition coefficient (Wildman–Crippen LogP) is 3.00. The summed E-state index contributed by atoms with van der Waals surface area (Å²) < 4.78 is 3.43. The molecule has 2 aromatic carbocycles. The van der Waals surface area contributed by atoms with Gasteiger partial charge in [-0.3, -0.25) is 14.2 Å². The third-order valence-electron chi connectivity index (χ3n) is 8.79. The number of hydrogen-bond acceptors (Lipinski definition) is 6. The second-order valence-electron chi connectivity index (χ2n) is 11.7. The minimum atomic E-state index is -1.08. The minimum Gasteiger partial charge on any atom is -0.388 e. The van der Waals surface area contributed by atoms with E-state index in [2.05, 4.69) is 28.5 Å². The van der Waals surface area contributed by atoms with E-state index in [4.69, 9.17) is 0 Å². The van der Waals surface area contributed by atoms with Crippen LogP contribution in [0, 0.1) is 5.92 Å². The van der Waals surface area contributed by atoms with Crippen LogP contribution in [0.15, 0.2) is 78.0 Å². The van der Waals surface area contributed by atoms with Gasteiger partial charge in [0.05, 0.1) is 17.5 Å². The summed E-state index contributed by atoms with van der Waals surface area (Å²) in [6, 6.07) is 20.1. The molecule has 0 bridgehead atoms. The SMILES string of the molecule is CN(C)c1cccc(-n2ccc3c(=O)n(CC4(O)CCN(C(=O)[C@@H]5CCNC[C@H]5c5ccccc5)CC4)cnc32)c1. The van der Waals surface area contributed by atoms with E-state index in [1.807, 2.05) is 71.1 Å². The average Bonchev–Trinajstić information content (AvgIpc) is 3.44. The van der Waals surface area contributed by atoms with Crippen molar-refractivity contribution in [2.75, 3.05) is 45.2 Å². The van der Waals surface area contributed by atoms with Crippen LogP contribution >= 0.6 is 0 Å². The smallest absolute Gasteiger partial charge is 0.262 e. The molecule has 2 atom stereocenters. The number of nitrogens with zero attached hydrogens (tertiary/aromatic N) is 5. The fraction of sp³-hybridized carbons (Fsp3) is 0.406. The van der Waals surface area contributed by atoms with Gasteiger partial charge in [-0.15, -0.1) is 0 Å². The van der Waals surface area contributed by atoms with Gasteiger partial charge in [0.1, 0.15) is 6.33 Å². The van der Waals surface area contributed by atoms with Crippen molar-refractivity contribution in [2.24, 2.45) is 5.92 Å². The van der Waals surface area contributed by atoms with Crippen LogP contribution in [0.1, 0.15) is 30.7 Å². The number of carbonyl (C=O) groups is 1. The lowest BCUT2D eigenvalue weighted by molar-refractivity contribution is -0.141. The molecule has 0 radical (unpaired) electrons. The maximum Gasteiger partial charge on any atom is 0.262 e. The molecule has 1 amide bonds. The molecule has 2 aliphatic heterocycles. The number of rotatable bonds is 6. The van der Waals surface area contributed by atoms with E-state index in [1.54, 1.807) is 6.07 Å². The van der Waals surface area contributed by atoms with Crippen LogP contribution in [0.2, 0.25) is 0 Å². The number of likely N-dealkylation sites (tertiary alicyclic amines) is 1. The zero-order chi connectivity index (χ0) is 28.6. The van der Waals surface area contributed by atoms with Gasteiger partial charge >= 0.3 is 0 Å². The summed E-state index contributed by atoms with van der Waals surface area (Å²) in [5.41, 5.74) is 2.50. The third-order valence-corrected chi connectivity index (χ3v) is 8.79. The van der Waals surface area contributed by atoms with Crippen LogP contribution in [0.4, 0.5) is 5.69 Å². The van der Waals surface area contributed by atoms with Crippen molar-refractivity contribution in [1.82, 2.24) is 24.3 Å². The molecular formula is C32H38N6O3. The van der Waals surface area contributed by atoms with Crippen LogP contribution in [0.3, 0.4) is 0 Å². The van der Waals surface area contributed by atoms with Gasteiger partial charge in [-0.25, -0.2) is 4.98 Å². The molecule has 2 saturated heterocycles. The Hall–Kier alpha value is -3.95. The largest absolute Gasteiger partial charge is 0.388 e. The highest BCUT2D eigenvalue weighted by molar-refractivity contribution is 5.80. The summed E-state index contributed by atoms with van der Waals surface area (Å²) in [6.07, 6.45) is 5.04. The van der Waals surface area contributed by atoms with Gasteiger partial charge in [-0.1, -0.05) is 36.4 Å². The molecule has 9 nitrogen and oxygen atoms in total. The Morgan fingerprint density at radius 3 is 2.63 bits per heavy atom.